The first kappa shape index (κ1) is 12.4. The third kappa shape index (κ3) is 2.41. The van der Waals surface area contributed by atoms with Gasteiger partial charge in [-0.25, -0.2) is 4.98 Å². The molecular weight excluding hydrogens is 250 g/mol. The van der Waals surface area contributed by atoms with Crippen LogP contribution in [0.3, 0.4) is 0 Å². The molecule has 0 radical (unpaired) electrons. The maximum absolute atomic E-state index is 5.94. The van der Waals surface area contributed by atoms with Crippen molar-refractivity contribution in [2.75, 3.05) is 0 Å². The van der Waals surface area contributed by atoms with Crippen molar-refractivity contribution < 1.29 is 4.74 Å². The van der Waals surface area contributed by atoms with Gasteiger partial charge in [-0.05, 0) is 24.3 Å². The molecule has 2 N–H and O–H groups in total. The fourth-order valence-corrected chi connectivity index (χ4v) is 2.05. The lowest BCUT2D eigenvalue weighted by Gasteiger charge is -2.13. The second kappa shape index (κ2) is 5.59. The van der Waals surface area contributed by atoms with E-state index in [0.29, 0.717) is 6.54 Å². The Hall–Kier alpha value is -2.59. The van der Waals surface area contributed by atoms with E-state index in [1.54, 1.807) is 12.5 Å². The summed E-state index contributed by atoms with van der Waals surface area (Å²) in [6.45, 7) is 0.430. The second-order valence-corrected chi connectivity index (χ2v) is 4.34. The fraction of sp³-hybridized carbons (Fsp3) is 0.0625. The third-order valence-corrected chi connectivity index (χ3v) is 3.02. The van der Waals surface area contributed by atoms with Gasteiger partial charge in [0.15, 0.2) is 5.75 Å². The van der Waals surface area contributed by atoms with Crippen molar-refractivity contribution in [3.63, 3.8) is 0 Å². The summed E-state index contributed by atoms with van der Waals surface area (Å²) in [4.78, 5) is 4.14. The lowest BCUT2D eigenvalue weighted by molar-refractivity contribution is 0.479. The Morgan fingerprint density at radius 3 is 2.55 bits per heavy atom. The molecule has 0 unspecified atom stereocenters. The maximum atomic E-state index is 5.94. The van der Waals surface area contributed by atoms with Crippen LogP contribution in [0.1, 0.15) is 5.69 Å². The summed E-state index contributed by atoms with van der Waals surface area (Å²) in [6.07, 6.45) is 3.51. The lowest BCUT2D eigenvalue weighted by Crippen LogP contribution is -2.05. The Labute approximate surface area is 117 Å². The van der Waals surface area contributed by atoms with E-state index in [2.05, 4.69) is 4.98 Å². The van der Waals surface area contributed by atoms with Crippen LogP contribution in [0.4, 0.5) is 0 Å². The van der Waals surface area contributed by atoms with Crippen LogP contribution in [0.15, 0.2) is 67.1 Å². The number of ether oxygens (including phenoxy) is 1. The molecule has 0 saturated carbocycles. The number of benzene rings is 2. The van der Waals surface area contributed by atoms with Crippen molar-refractivity contribution >= 4 is 0 Å². The van der Waals surface area contributed by atoms with Crippen LogP contribution in [0, 0.1) is 0 Å². The summed E-state index contributed by atoms with van der Waals surface area (Å²) in [7, 11) is 0. The Bertz CT molecular complexity index is 692. The lowest BCUT2D eigenvalue weighted by atomic mass is 10.2. The van der Waals surface area contributed by atoms with E-state index in [0.717, 1.165) is 22.9 Å². The molecule has 0 aliphatic carbocycles. The average molecular weight is 265 g/mol. The van der Waals surface area contributed by atoms with E-state index in [-0.39, 0.29) is 0 Å². The zero-order valence-corrected chi connectivity index (χ0v) is 10.9. The van der Waals surface area contributed by atoms with E-state index < -0.39 is 0 Å². The van der Waals surface area contributed by atoms with Crippen LogP contribution < -0.4 is 10.5 Å². The van der Waals surface area contributed by atoms with Crippen LogP contribution in [0.25, 0.3) is 5.69 Å². The van der Waals surface area contributed by atoms with Gasteiger partial charge in [0.1, 0.15) is 5.75 Å². The largest absolute Gasteiger partial charge is 0.455 e. The van der Waals surface area contributed by atoms with Gasteiger partial charge in [0.05, 0.1) is 17.7 Å². The molecule has 2 aromatic carbocycles. The average Bonchev–Trinajstić information content (AvgIpc) is 2.97. The molecule has 0 saturated heterocycles. The Balaban J connectivity index is 2.01. The minimum atomic E-state index is 0.430. The van der Waals surface area contributed by atoms with Crippen LogP contribution in [-0.2, 0) is 6.54 Å². The third-order valence-electron chi connectivity index (χ3n) is 3.02. The molecule has 0 bridgehead atoms. The van der Waals surface area contributed by atoms with Crippen molar-refractivity contribution in [2.45, 2.75) is 6.54 Å². The predicted molar refractivity (Wildman–Crippen MR) is 78.0 cm³/mol. The first-order chi connectivity index (χ1) is 9.88. The van der Waals surface area contributed by atoms with Crippen molar-refractivity contribution in [3.8, 4) is 17.2 Å². The minimum Gasteiger partial charge on any atom is -0.455 e. The molecule has 1 heterocycles. The quantitative estimate of drug-likeness (QED) is 0.788. The summed E-state index contributed by atoms with van der Waals surface area (Å²) in [5, 5.41) is 0. The van der Waals surface area contributed by atoms with E-state index >= 15 is 0 Å². The van der Waals surface area contributed by atoms with E-state index in [4.69, 9.17) is 10.5 Å². The highest BCUT2D eigenvalue weighted by Crippen LogP contribution is 2.28. The smallest absolute Gasteiger partial charge is 0.151 e. The summed E-state index contributed by atoms with van der Waals surface area (Å²) in [5.41, 5.74) is 7.60. The molecule has 3 rings (SSSR count). The van der Waals surface area contributed by atoms with Gasteiger partial charge in [0, 0.05) is 12.7 Å². The molecule has 4 nitrogen and oxygen atoms in total. The number of hydrogen-bond acceptors (Lipinski definition) is 3. The van der Waals surface area contributed by atoms with Gasteiger partial charge in [0.2, 0.25) is 0 Å². The zero-order chi connectivity index (χ0) is 13.8. The standard InChI is InChI=1S/C16H15N3O/c17-10-13-11-18-12-19(13)15-8-4-5-9-16(15)20-14-6-2-1-3-7-14/h1-9,11-12H,10,17H2. The van der Waals surface area contributed by atoms with E-state index in [1.807, 2.05) is 59.2 Å². The van der Waals surface area contributed by atoms with Crippen LogP contribution in [0.5, 0.6) is 11.5 Å². The number of rotatable bonds is 4. The van der Waals surface area contributed by atoms with Gasteiger partial charge in [-0.2, -0.15) is 0 Å². The Morgan fingerprint density at radius 2 is 1.75 bits per heavy atom. The van der Waals surface area contributed by atoms with Gasteiger partial charge in [-0.15, -0.1) is 0 Å². The number of imidazole rings is 1. The first-order valence-electron chi connectivity index (χ1n) is 6.42. The zero-order valence-electron chi connectivity index (χ0n) is 10.9. The van der Waals surface area contributed by atoms with Gasteiger partial charge >= 0.3 is 0 Å². The van der Waals surface area contributed by atoms with Crippen molar-refractivity contribution in [1.82, 2.24) is 9.55 Å². The summed E-state index contributed by atoms with van der Waals surface area (Å²) >= 11 is 0. The molecule has 0 spiro atoms. The molecule has 4 heteroatoms. The SMILES string of the molecule is NCc1cncn1-c1ccccc1Oc1ccccc1. The van der Waals surface area contributed by atoms with Crippen LogP contribution >= 0.6 is 0 Å². The molecule has 3 aromatic rings. The number of nitrogens with two attached hydrogens (primary N) is 1. The Kier molecular flexibility index (Phi) is 3.48. The minimum absolute atomic E-state index is 0.430. The van der Waals surface area contributed by atoms with Gasteiger partial charge in [-0.3, -0.25) is 4.57 Å². The summed E-state index contributed by atoms with van der Waals surface area (Å²) < 4.78 is 7.89. The highest BCUT2D eigenvalue weighted by molar-refractivity contribution is 5.49. The maximum Gasteiger partial charge on any atom is 0.151 e. The summed E-state index contributed by atoms with van der Waals surface area (Å²) in [5.74, 6) is 1.57. The van der Waals surface area contributed by atoms with Crippen LogP contribution in [0.2, 0.25) is 0 Å². The molecular formula is C16H15N3O. The van der Waals surface area contributed by atoms with Gasteiger partial charge < -0.3 is 10.5 Å². The molecule has 0 fully saturated rings. The second-order valence-electron chi connectivity index (χ2n) is 4.34. The normalized spacial score (nSPS) is 10.4. The molecule has 100 valence electrons. The van der Waals surface area contributed by atoms with E-state index in [9.17, 15) is 0 Å². The van der Waals surface area contributed by atoms with Crippen molar-refractivity contribution in [1.29, 1.82) is 0 Å². The molecule has 0 aliphatic rings. The molecule has 0 atom stereocenters. The topological polar surface area (TPSA) is 53.1 Å². The summed E-state index contributed by atoms with van der Waals surface area (Å²) in [6, 6.07) is 17.5. The fourth-order valence-electron chi connectivity index (χ4n) is 2.05. The molecule has 20 heavy (non-hydrogen) atoms. The highest BCUT2D eigenvalue weighted by Gasteiger charge is 2.09. The Morgan fingerprint density at radius 1 is 1.00 bits per heavy atom. The van der Waals surface area contributed by atoms with Crippen LogP contribution in [-0.4, -0.2) is 9.55 Å². The monoisotopic (exact) mass is 265 g/mol. The first-order valence-corrected chi connectivity index (χ1v) is 6.42. The molecule has 1 aromatic heterocycles. The highest BCUT2D eigenvalue weighted by atomic mass is 16.5. The molecule has 0 amide bonds. The predicted octanol–water partition coefficient (Wildman–Crippen LogP) is 3.12. The van der Waals surface area contributed by atoms with Crippen molar-refractivity contribution in [3.05, 3.63) is 72.8 Å². The molecule has 0 aliphatic heterocycles. The number of nitrogens with zero attached hydrogens (tertiary/aromatic N) is 2. The number of hydrogen-bond donors (Lipinski definition) is 1. The number of aromatic nitrogens is 2. The van der Waals surface area contributed by atoms with E-state index in [1.165, 1.54) is 0 Å². The van der Waals surface area contributed by atoms with Gasteiger partial charge in [0.25, 0.3) is 0 Å². The van der Waals surface area contributed by atoms with Crippen molar-refractivity contribution in [2.24, 2.45) is 5.73 Å². The number of para-hydroxylation sites is 3. The van der Waals surface area contributed by atoms with Gasteiger partial charge in [-0.1, -0.05) is 30.3 Å².